The molecule has 4 aromatic rings. The molecule has 1 unspecified atom stereocenters. The van der Waals surface area contributed by atoms with Gasteiger partial charge in [0.1, 0.15) is 11.6 Å². The second kappa shape index (κ2) is 9.57. The Hall–Kier alpha value is -3.45. The van der Waals surface area contributed by atoms with Crippen molar-refractivity contribution >= 4 is 17.2 Å². The first-order chi connectivity index (χ1) is 15.1. The normalized spacial score (nSPS) is 11.8. The van der Waals surface area contributed by atoms with E-state index in [0.717, 1.165) is 21.8 Å². The fourth-order valence-corrected chi connectivity index (χ4v) is 4.00. The Labute approximate surface area is 183 Å². The van der Waals surface area contributed by atoms with Crippen LogP contribution in [-0.4, -0.2) is 18.0 Å². The molecule has 0 radical (unpaired) electrons. The molecule has 0 bridgehead atoms. The van der Waals surface area contributed by atoms with E-state index < -0.39 is 0 Å². The molecule has 1 N–H and O–H groups in total. The van der Waals surface area contributed by atoms with Gasteiger partial charge in [-0.25, -0.2) is 9.37 Å². The van der Waals surface area contributed by atoms with Crippen LogP contribution in [0.15, 0.2) is 76.7 Å². The van der Waals surface area contributed by atoms with Gasteiger partial charge in [-0.2, -0.15) is 0 Å². The van der Waals surface area contributed by atoms with E-state index >= 15 is 0 Å². The van der Waals surface area contributed by atoms with E-state index in [1.807, 2.05) is 41.8 Å². The zero-order valence-electron chi connectivity index (χ0n) is 16.9. The molecule has 31 heavy (non-hydrogen) atoms. The zero-order valence-corrected chi connectivity index (χ0v) is 17.7. The fourth-order valence-electron chi connectivity index (χ4n) is 3.20. The average molecular weight is 437 g/mol. The highest BCUT2D eigenvalue weighted by molar-refractivity contribution is 7.10. The van der Waals surface area contributed by atoms with Gasteiger partial charge in [0, 0.05) is 23.3 Å². The molecular weight excluding hydrogens is 415 g/mol. The number of nitrogens with one attached hydrogen (secondary N) is 1. The van der Waals surface area contributed by atoms with Crippen molar-refractivity contribution in [1.82, 2.24) is 10.3 Å². The number of halogens is 1. The number of aromatic nitrogens is 1. The van der Waals surface area contributed by atoms with E-state index in [4.69, 9.17) is 9.15 Å². The minimum Gasteiger partial charge on any atom is -0.497 e. The van der Waals surface area contributed by atoms with Gasteiger partial charge >= 0.3 is 0 Å². The summed E-state index contributed by atoms with van der Waals surface area (Å²) in [7, 11) is 1.62. The number of hydrogen-bond acceptors (Lipinski definition) is 5. The predicted octanol–water partition coefficient (Wildman–Crippen LogP) is 5.39. The Morgan fingerprint density at radius 2 is 1.94 bits per heavy atom. The molecule has 2 heterocycles. The molecule has 0 saturated heterocycles. The van der Waals surface area contributed by atoms with Crippen molar-refractivity contribution < 1.29 is 18.3 Å². The lowest BCUT2D eigenvalue weighted by molar-refractivity contribution is -0.121. The molecule has 0 fully saturated rings. The molecule has 7 heteroatoms. The third-order valence-corrected chi connectivity index (χ3v) is 5.77. The lowest BCUT2D eigenvalue weighted by atomic mass is 10.0. The van der Waals surface area contributed by atoms with Gasteiger partial charge in [-0.05, 0) is 53.4 Å². The molecule has 1 atom stereocenters. The van der Waals surface area contributed by atoms with Gasteiger partial charge in [0.05, 0.1) is 19.3 Å². The summed E-state index contributed by atoms with van der Waals surface area (Å²) in [4.78, 5) is 17.9. The van der Waals surface area contributed by atoms with Crippen molar-refractivity contribution in [3.8, 4) is 17.1 Å². The number of oxazole rings is 1. The molecule has 5 nitrogen and oxygen atoms in total. The van der Waals surface area contributed by atoms with Crippen LogP contribution < -0.4 is 10.1 Å². The topological polar surface area (TPSA) is 64.4 Å². The van der Waals surface area contributed by atoms with Crippen molar-refractivity contribution in [3.05, 3.63) is 94.4 Å². The van der Waals surface area contributed by atoms with E-state index in [1.54, 1.807) is 36.8 Å². The largest absolute Gasteiger partial charge is 0.497 e. The first kappa shape index (κ1) is 20.8. The second-order valence-electron chi connectivity index (χ2n) is 6.91. The van der Waals surface area contributed by atoms with Gasteiger partial charge < -0.3 is 14.5 Å². The van der Waals surface area contributed by atoms with Gasteiger partial charge in [0.2, 0.25) is 5.91 Å². The van der Waals surface area contributed by atoms with Gasteiger partial charge in [0.25, 0.3) is 0 Å². The van der Waals surface area contributed by atoms with Crippen LogP contribution in [0.4, 0.5) is 4.39 Å². The third kappa shape index (κ3) is 5.19. The van der Waals surface area contributed by atoms with Crippen molar-refractivity contribution in [2.75, 3.05) is 7.11 Å². The number of aryl methyl sites for hydroxylation is 1. The van der Waals surface area contributed by atoms with Crippen molar-refractivity contribution in [1.29, 1.82) is 0 Å². The maximum absolute atomic E-state index is 13.3. The minimum absolute atomic E-state index is 0.132. The molecule has 0 aliphatic heterocycles. The first-order valence-corrected chi connectivity index (χ1v) is 10.7. The van der Waals surface area contributed by atoms with Gasteiger partial charge in [-0.3, -0.25) is 4.79 Å². The van der Waals surface area contributed by atoms with Crippen molar-refractivity contribution in [2.45, 2.75) is 18.9 Å². The summed E-state index contributed by atoms with van der Waals surface area (Å²) in [5.41, 5.74) is 1.72. The van der Waals surface area contributed by atoms with E-state index in [1.165, 1.54) is 12.1 Å². The van der Waals surface area contributed by atoms with Crippen LogP contribution >= 0.6 is 11.3 Å². The highest BCUT2D eigenvalue weighted by Gasteiger charge is 2.18. The van der Waals surface area contributed by atoms with Crippen LogP contribution in [0.1, 0.15) is 28.8 Å². The van der Waals surface area contributed by atoms with Crippen LogP contribution in [0.2, 0.25) is 0 Å². The molecule has 0 spiro atoms. The number of methoxy groups -OCH3 is 1. The highest BCUT2D eigenvalue weighted by atomic mass is 32.1. The Morgan fingerprint density at radius 1 is 1.16 bits per heavy atom. The molecule has 2 aromatic heterocycles. The Balaban J connectivity index is 1.39. The van der Waals surface area contributed by atoms with Crippen molar-refractivity contribution in [3.63, 3.8) is 0 Å². The summed E-state index contributed by atoms with van der Waals surface area (Å²) in [5.74, 6) is 1.46. The molecular formula is C24H21FN2O3S. The summed E-state index contributed by atoms with van der Waals surface area (Å²) in [6.07, 6.45) is 2.26. The summed E-state index contributed by atoms with van der Waals surface area (Å²) < 4.78 is 24.3. The Bertz CT molecular complexity index is 1120. The Morgan fingerprint density at radius 3 is 2.61 bits per heavy atom. The van der Waals surface area contributed by atoms with E-state index in [-0.39, 0.29) is 24.2 Å². The van der Waals surface area contributed by atoms with Gasteiger partial charge in [-0.1, -0.05) is 18.2 Å². The minimum atomic E-state index is -0.326. The summed E-state index contributed by atoms with van der Waals surface area (Å²) in [6.45, 7) is 0. The average Bonchev–Trinajstić information content (AvgIpc) is 3.49. The van der Waals surface area contributed by atoms with E-state index in [2.05, 4.69) is 10.3 Å². The number of nitrogens with zero attached hydrogens (tertiary/aromatic N) is 1. The predicted molar refractivity (Wildman–Crippen MR) is 118 cm³/mol. The molecule has 158 valence electrons. The number of carbonyl (C=O) groups is 1. The number of hydrogen-bond donors (Lipinski definition) is 1. The van der Waals surface area contributed by atoms with E-state index in [9.17, 15) is 9.18 Å². The summed E-state index contributed by atoms with van der Waals surface area (Å²) in [6, 6.07) is 17.2. The monoisotopic (exact) mass is 436 g/mol. The highest BCUT2D eigenvalue weighted by Crippen LogP contribution is 2.27. The summed E-state index contributed by atoms with van der Waals surface area (Å²) in [5, 5.41) is 4.99. The quantitative estimate of drug-likeness (QED) is 0.402. The maximum atomic E-state index is 13.3. The molecule has 1 amide bonds. The van der Waals surface area contributed by atoms with Crippen LogP contribution in [0.25, 0.3) is 11.3 Å². The number of ether oxygens (including phenoxy) is 1. The number of benzene rings is 2. The van der Waals surface area contributed by atoms with Gasteiger partial charge in [0.15, 0.2) is 11.7 Å². The molecule has 0 aliphatic rings. The standard InChI is InChI=1S/C24H21FN2O3S/c1-29-19-10-6-16(7-11-19)20-15-26-23(30-20)13-12-22(28)27-24(21-3-2-14-31-21)17-4-8-18(25)9-5-17/h2-11,14-15,24H,12-13H2,1H3,(H,27,28). The molecule has 0 saturated carbocycles. The van der Waals surface area contributed by atoms with Crippen LogP contribution in [0.5, 0.6) is 5.75 Å². The Kier molecular flexibility index (Phi) is 6.43. The summed E-state index contributed by atoms with van der Waals surface area (Å²) >= 11 is 1.54. The molecule has 2 aromatic carbocycles. The smallest absolute Gasteiger partial charge is 0.221 e. The van der Waals surface area contributed by atoms with Crippen LogP contribution in [0.3, 0.4) is 0 Å². The van der Waals surface area contributed by atoms with Crippen molar-refractivity contribution in [2.24, 2.45) is 0 Å². The number of rotatable bonds is 8. The third-order valence-electron chi connectivity index (χ3n) is 4.83. The SMILES string of the molecule is COc1ccc(-c2cnc(CCC(=O)NC(c3ccc(F)cc3)c3cccs3)o2)cc1. The second-order valence-corrected chi connectivity index (χ2v) is 7.89. The van der Waals surface area contributed by atoms with E-state index in [0.29, 0.717) is 18.1 Å². The molecule has 0 aliphatic carbocycles. The number of carbonyl (C=O) groups excluding carboxylic acids is 1. The lowest BCUT2D eigenvalue weighted by Crippen LogP contribution is -2.29. The number of thiophene rings is 1. The first-order valence-electron chi connectivity index (χ1n) is 9.80. The zero-order chi connectivity index (χ0) is 21.6. The fraction of sp³-hybridized carbons (Fsp3) is 0.167. The van der Waals surface area contributed by atoms with Gasteiger partial charge in [-0.15, -0.1) is 11.3 Å². The lowest BCUT2D eigenvalue weighted by Gasteiger charge is -2.18. The van der Waals surface area contributed by atoms with Crippen LogP contribution in [0, 0.1) is 5.82 Å². The maximum Gasteiger partial charge on any atom is 0.221 e. The number of amides is 1. The molecule has 4 rings (SSSR count). The van der Waals surface area contributed by atoms with Crippen LogP contribution in [-0.2, 0) is 11.2 Å².